The number of fused-ring (bicyclic) bond motifs is 18. The minimum Gasteiger partial charge on any atom is -0.309 e. The van der Waals surface area contributed by atoms with Crippen LogP contribution in [0.5, 0.6) is 0 Å². The van der Waals surface area contributed by atoms with E-state index in [0.29, 0.717) is 17.4 Å². The smallest absolute Gasteiger partial charge is 0.287 e. The summed E-state index contributed by atoms with van der Waals surface area (Å²) in [5.74, 6) is 2.28. The SMILES string of the molecule is Cc1c(C(C)(C)C)ccc2c3cc(-n4c5ccccc5c5ccccc54)ccc3n(-c3cc(-c4c(C(C)C)cccc4C(C)C)cc[n+]3C)c12.[2H]C(C)(C)c1cccc(C([2H])(C)C)c1-c1cc[n+](C)c(-n2c3ccc(-n4c5ccccc5c5ccccc54)cc3c3ccc(C(C)(C)C)c(C)c32)c1.[2H]C([2H])([2H])c1c[n+](C)c(-n2c3ccc(-n4c5ccccc5c5ccccc54)cc3c3ccc(C(C)(C)C)c(C)c32)cc1C. The molecule has 0 aliphatic heterocycles. The van der Waals surface area contributed by atoms with E-state index in [2.05, 4.69) is 465 Å². The van der Waals surface area contributed by atoms with Gasteiger partial charge >= 0.3 is 0 Å². The largest absolute Gasteiger partial charge is 0.309 e. The van der Waals surface area contributed by atoms with Gasteiger partial charge in [0, 0.05) is 123 Å². The molecule has 0 saturated heterocycles. The van der Waals surface area contributed by atoms with Gasteiger partial charge in [-0.15, -0.1) is 0 Å². The first kappa shape index (κ1) is 85.7. The Bertz CT molecular complexity index is 9010. The summed E-state index contributed by atoms with van der Waals surface area (Å²) in [7, 11) is 6.24. The molecule has 0 bridgehead atoms. The average Bonchev–Trinajstić information content (AvgIpc) is 1.55. The number of pyridine rings is 3. The summed E-state index contributed by atoms with van der Waals surface area (Å²) >= 11 is 0. The molecule has 0 atom stereocenters. The van der Waals surface area contributed by atoms with Crippen molar-refractivity contribution in [3.05, 3.63) is 389 Å². The second kappa shape index (κ2) is 34.7. The Kier molecular flexibility index (Phi) is 21.3. The highest BCUT2D eigenvalue weighted by atomic mass is 15.2. The second-order valence-electron chi connectivity index (χ2n) is 43.3. The van der Waals surface area contributed by atoms with Crippen molar-refractivity contribution in [2.45, 2.75) is 192 Å². The Morgan fingerprint density at radius 1 is 0.257 bits per heavy atom. The van der Waals surface area contributed by atoms with E-state index in [0.717, 1.165) is 78.6 Å². The third-order valence-electron chi connectivity index (χ3n) is 29.9. The van der Waals surface area contributed by atoms with E-state index < -0.39 is 18.6 Å². The number of aryl methyl sites for hydroxylation is 8. The average molecular weight is 1840 g/mol. The first-order valence-electron chi connectivity index (χ1n) is 52.4. The molecule has 140 heavy (non-hydrogen) atoms. The highest BCUT2D eigenvalue weighted by molar-refractivity contribution is 6.17. The molecule has 0 fully saturated rings. The van der Waals surface area contributed by atoms with Crippen molar-refractivity contribution in [1.82, 2.24) is 27.4 Å². The molecule has 0 radical (unpaired) electrons. The molecule has 9 heterocycles. The molecule has 0 amide bonds. The van der Waals surface area contributed by atoms with E-state index >= 15 is 0 Å². The molecule has 0 N–H and O–H groups in total. The van der Waals surface area contributed by atoms with Crippen molar-refractivity contribution in [1.29, 1.82) is 0 Å². The molecule has 23 rings (SSSR count). The van der Waals surface area contributed by atoms with Crippen molar-refractivity contribution in [2.75, 3.05) is 0 Å². The maximum Gasteiger partial charge on any atom is 0.287 e. The van der Waals surface area contributed by atoms with Crippen LogP contribution in [0, 0.1) is 34.5 Å². The summed E-state index contributed by atoms with van der Waals surface area (Å²) in [5.41, 5.74) is 35.9. The summed E-state index contributed by atoms with van der Waals surface area (Å²) < 4.78 is 63.4. The van der Waals surface area contributed by atoms with Gasteiger partial charge in [0.1, 0.15) is 33.1 Å². The fourth-order valence-electron chi connectivity index (χ4n) is 23.4. The molecule has 698 valence electrons. The molecular formula is C131H132N9+3. The van der Waals surface area contributed by atoms with Crippen LogP contribution in [0.25, 0.3) is 188 Å². The zero-order chi connectivity index (χ0) is 102. The van der Waals surface area contributed by atoms with Crippen molar-refractivity contribution >= 4 is 131 Å². The van der Waals surface area contributed by atoms with Gasteiger partial charge in [-0.2, -0.15) is 13.7 Å². The molecule has 0 aliphatic rings. The van der Waals surface area contributed by atoms with Crippen LogP contribution in [0.3, 0.4) is 0 Å². The van der Waals surface area contributed by atoms with Gasteiger partial charge in [-0.3, -0.25) is 0 Å². The summed E-state index contributed by atoms with van der Waals surface area (Å²) in [4.78, 5) is 0. The molecule has 23 aromatic rings. The molecule has 0 unspecified atom stereocenters. The monoisotopic (exact) mass is 1840 g/mol. The number of rotatable bonds is 12. The Morgan fingerprint density at radius 3 is 0.807 bits per heavy atom. The quantitative estimate of drug-likeness (QED) is 0.109. The number of nitrogens with zero attached hydrogens (tertiary/aromatic N) is 9. The van der Waals surface area contributed by atoms with Crippen LogP contribution in [-0.4, -0.2) is 27.4 Å². The zero-order valence-electron chi connectivity index (χ0n) is 90.8. The summed E-state index contributed by atoms with van der Waals surface area (Å²) in [6.45, 7) is 44.1. The molecule has 14 aromatic carbocycles. The Balaban J connectivity index is 0.000000129. The lowest BCUT2D eigenvalue weighted by atomic mass is 9.83. The predicted molar refractivity (Wildman–Crippen MR) is 596 cm³/mol. The van der Waals surface area contributed by atoms with E-state index in [4.69, 9.17) is 6.85 Å². The number of hydrogen-bond donors (Lipinski definition) is 0. The molecule has 9 aromatic heterocycles. The molecule has 0 spiro atoms. The fourth-order valence-corrected chi connectivity index (χ4v) is 23.4. The second-order valence-corrected chi connectivity index (χ2v) is 43.3. The van der Waals surface area contributed by atoms with Crippen molar-refractivity contribution in [3.8, 4) is 56.8 Å². The van der Waals surface area contributed by atoms with Gasteiger partial charge in [0.25, 0.3) is 17.5 Å². The van der Waals surface area contributed by atoms with Crippen LogP contribution in [-0.2, 0) is 37.4 Å². The van der Waals surface area contributed by atoms with Crippen LogP contribution >= 0.6 is 0 Å². The first-order chi connectivity index (χ1) is 68.9. The van der Waals surface area contributed by atoms with Gasteiger partial charge in [-0.05, 0) is 268 Å². The Labute approximate surface area is 832 Å². The van der Waals surface area contributed by atoms with Crippen molar-refractivity contribution in [3.63, 3.8) is 0 Å². The lowest BCUT2D eigenvalue weighted by molar-refractivity contribution is -0.665. The van der Waals surface area contributed by atoms with Crippen LogP contribution in [0.15, 0.2) is 322 Å². The lowest BCUT2D eigenvalue weighted by Crippen LogP contribution is -2.34. The highest BCUT2D eigenvalue weighted by Gasteiger charge is 2.35. The van der Waals surface area contributed by atoms with Crippen LogP contribution in [0.4, 0.5) is 0 Å². The number of hydrogen-bond acceptors (Lipinski definition) is 0. The van der Waals surface area contributed by atoms with Gasteiger partial charge in [0.2, 0.25) is 0 Å². The summed E-state index contributed by atoms with van der Waals surface area (Å²) in [6, 6.07) is 111. The maximum atomic E-state index is 9.13. The lowest BCUT2D eigenvalue weighted by Gasteiger charge is -2.22. The van der Waals surface area contributed by atoms with Gasteiger partial charge < -0.3 is 13.7 Å². The van der Waals surface area contributed by atoms with Gasteiger partial charge in [0.05, 0.1) is 72.8 Å². The molecule has 9 heteroatoms. The minimum atomic E-state index is -2.17. The highest BCUT2D eigenvalue weighted by Crippen LogP contribution is 2.48. The third kappa shape index (κ3) is 15.1. The van der Waals surface area contributed by atoms with Gasteiger partial charge in [0.15, 0.2) is 0 Å². The standard InChI is InChI=1S/2C47H48N3.C37H36N3/c2*1-29(2)34-17-14-18-35(30(3)4)45(34)32-25-26-48(9)44(27-32)50-43-24-21-33(28-39(43)38-22-23-40(47(6,7)8)31(5)46(38)50)49-41-19-12-10-15-36(41)37-16-11-13-20-42(37)49;1-23-20-35(38(7)22-24(23)2)40-34-19-16-26(21-30(34)29-17-18-31(37(4,5)6)25(3)36(29)40)39-32-14-10-8-12-27(32)28-13-9-11-15-33(28)39/h2*10-30H,1-9H3;8-22H,1-7H3/q3*+1/i29D,30D;;2D3. The molecular weight excluding hydrogens is 1700 g/mol. The van der Waals surface area contributed by atoms with Crippen LogP contribution in [0.2, 0.25) is 0 Å². The number of aromatic nitrogens is 9. The summed E-state index contributed by atoms with van der Waals surface area (Å²) in [5, 5.41) is 14.8. The Morgan fingerprint density at radius 2 is 0.529 bits per heavy atom. The number of para-hydroxylation sites is 6. The van der Waals surface area contributed by atoms with Crippen LogP contribution in [0.1, 0.15) is 215 Å². The number of benzene rings is 14. The topological polar surface area (TPSA) is 41.2 Å². The fraction of sp³-hybridized carbons (Fsp3) is 0.244. The van der Waals surface area contributed by atoms with E-state index in [9.17, 15) is 0 Å². The van der Waals surface area contributed by atoms with Gasteiger partial charge in [-0.1, -0.05) is 281 Å². The molecule has 0 aliphatic carbocycles. The maximum absolute atomic E-state index is 9.13. The van der Waals surface area contributed by atoms with Crippen molar-refractivity contribution < 1.29 is 20.6 Å². The van der Waals surface area contributed by atoms with Gasteiger partial charge in [-0.25, -0.2) is 13.7 Å². The normalized spacial score (nSPS) is 13.2. The Hall–Kier alpha value is -14.7. The molecule has 9 nitrogen and oxygen atoms in total. The van der Waals surface area contributed by atoms with Crippen molar-refractivity contribution in [2.24, 2.45) is 21.1 Å². The van der Waals surface area contributed by atoms with E-state index in [1.54, 1.807) is 6.20 Å². The minimum absolute atomic E-state index is 0.0140. The molecule has 0 saturated carbocycles. The van der Waals surface area contributed by atoms with E-state index in [1.165, 1.54) is 170 Å². The third-order valence-corrected chi connectivity index (χ3v) is 29.9. The van der Waals surface area contributed by atoms with E-state index in [-0.39, 0.29) is 16.2 Å². The van der Waals surface area contributed by atoms with E-state index in [1.807, 2.05) is 58.4 Å². The zero-order valence-corrected chi connectivity index (χ0v) is 85.8. The first-order valence-corrected chi connectivity index (χ1v) is 49.9. The van der Waals surface area contributed by atoms with Crippen LogP contribution < -0.4 is 13.7 Å². The predicted octanol–water partition coefficient (Wildman–Crippen LogP) is 33.4. The summed E-state index contributed by atoms with van der Waals surface area (Å²) in [6.07, 6.45) is 6.15.